The zero-order valence-electron chi connectivity index (χ0n) is 7.09. The molecule has 0 bridgehead atoms. The predicted molar refractivity (Wildman–Crippen MR) is 44.6 cm³/mol. The molecule has 0 spiro atoms. The summed E-state index contributed by atoms with van der Waals surface area (Å²) in [6.45, 7) is 0. The summed E-state index contributed by atoms with van der Waals surface area (Å²) in [5.74, 6) is -3.23. The van der Waals surface area contributed by atoms with Gasteiger partial charge in [-0.25, -0.2) is 21.6 Å². The van der Waals surface area contributed by atoms with Crippen molar-refractivity contribution < 1.29 is 21.6 Å². The quantitative estimate of drug-likeness (QED) is 0.714. The van der Waals surface area contributed by atoms with E-state index in [2.05, 4.69) is 0 Å². The molecule has 0 unspecified atom stereocenters. The van der Waals surface area contributed by atoms with Gasteiger partial charge in [0.25, 0.3) is 0 Å². The molecule has 0 aliphatic rings. The summed E-state index contributed by atoms with van der Waals surface area (Å²) in [4.78, 5) is 0. The van der Waals surface area contributed by atoms with E-state index < -0.39 is 32.9 Å². The largest absolute Gasteiger partial charge is 0.228 e. The first-order chi connectivity index (χ1) is 6.29. The number of sulfone groups is 1. The van der Waals surface area contributed by atoms with E-state index in [1.807, 2.05) is 0 Å². The maximum Gasteiger partial charge on any atom is 0.161 e. The second-order valence-corrected chi connectivity index (χ2v) is 4.63. The lowest BCUT2D eigenvalue weighted by atomic mass is 10.2. The number of hydrogen-bond acceptors (Lipinski definition) is 2. The van der Waals surface area contributed by atoms with Crippen molar-refractivity contribution in [2.45, 2.75) is 0 Å². The molecule has 0 N–H and O–H groups in total. The average Bonchev–Trinajstić information content (AvgIpc) is 1.97. The van der Waals surface area contributed by atoms with Gasteiger partial charge in [-0.1, -0.05) is 0 Å². The van der Waals surface area contributed by atoms with Crippen LogP contribution in [-0.2, 0) is 9.84 Å². The van der Waals surface area contributed by atoms with E-state index in [0.29, 0.717) is 17.9 Å². The maximum absolute atomic E-state index is 12.9. The fourth-order valence-corrected chi connectivity index (χ4v) is 1.50. The van der Waals surface area contributed by atoms with Crippen molar-refractivity contribution in [3.63, 3.8) is 0 Å². The summed E-state index contributed by atoms with van der Waals surface area (Å²) >= 11 is 0. The van der Waals surface area contributed by atoms with Gasteiger partial charge in [0.2, 0.25) is 0 Å². The van der Waals surface area contributed by atoms with Crippen molar-refractivity contribution in [3.8, 4) is 0 Å². The van der Waals surface area contributed by atoms with Crippen LogP contribution in [0, 0.1) is 23.2 Å². The van der Waals surface area contributed by atoms with E-state index in [4.69, 9.17) is 0 Å². The normalized spacial score (nSPS) is 11.7. The molecule has 0 atom stereocenters. The number of halogens is 3. The van der Waals surface area contributed by atoms with Crippen LogP contribution in [0.3, 0.4) is 0 Å². The molecule has 1 radical (unpaired) electrons. The summed E-state index contributed by atoms with van der Waals surface area (Å²) in [6.07, 6.45) is 0.827. The van der Waals surface area contributed by atoms with Gasteiger partial charge in [-0.2, -0.15) is 0 Å². The van der Waals surface area contributed by atoms with Gasteiger partial charge in [-0.05, 0) is 6.07 Å². The standard InChI is InChI=1S/C8H6F3O2S/c1-14(12,13)4-5-2-7(10)8(11)3-6(5)9/h2-4H,1H3. The zero-order valence-corrected chi connectivity index (χ0v) is 7.91. The minimum atomic E-state index is -3.58. The topological polar surface area (TPSA) is 34.1 Å². The van der Waals surface area contributed by atoms with Crippen molar-refractivity contribution in [2.24, 2.45) is 0 Å². The summed E-state index contributed by atoms with van der Waals surface area (Å²) in [5, 5.41) is 0. The van der Waals surface area contributed by atoms with Crippen molar-refractivity contribution in [2.75, 3.05) is 6.26 Å². The number of rotatable bonds is 2. The van der Waals surface area contributed by atoms with Crippen molar-refractivity contribution in [1.82, 2.24) is 0 Å². The minimum Gasteiger partial charge on any atom is -0.228 e. The maximum atomic E-state index is 12.9. The van der Waals surface area contributed by atoms with Crippen LogP contribution in [0.5, 0.6) is 0 Å². The fraction of sp³-hybridized carbons (Fsp3) is 0.125. The third-order valence-electron chi connectivity index (χ3n) is 1.38. The molecule has 1 rings (SSSR count). The Morgan fingerprint density at radius 2 is 1.57 bits per heavy atom. The van der Waals surface area contributed by atoms with E-state index in [1.165, 1.54) is 0 Å². The van der Waals surface area contributed by atoms with E-state index in [9.17, 15) is 21.6 Å². The first kappa shape index (κ1) is 11.0. The molecule has 2 nitrogen and oxygen atoms in total. The summed E-state index contributed by atoms with van der Waals surface area (Å²) < 4.78 is 59.3. The van der Waals surface area contributed by atoms with Gasteiger partial charge in [0.1, 0.15) is 11.6 Å². The summed E-state index contributed by atoms with van der Waals surface area (Å²) in [5.41, 5.74) is -0.494. The van der Waals surface area contributed by atoms with Crippen LogP contribution in [0.4, 0.5) is 13.2 Å². The summed E-state index contributed by atoms with van der Waals surface area (Å²) in [7, 11) is -3.58. The molecule has 1 aromatic rings. The first-order valence-electron chi connectivity index (χ1n) is 3.49. The van der Waals surface area contributed by atoms with E-state index >= 15 is 0 Å². The van der Waals surface area contributed by atoms with Crippen LogP contribution in [0.1, 0.15) is 5.56 Å². The lowest BCUT2D eigenvalue weighted by Crippen LogP contribution is -2.02. The molecule has 1 aromatic carbocycles. The Morgan fingerprint density at radius 3 is 2.07 bits per heavy atom. The molecule has 6 heteroatoms. The van der Waals surface area contributed by atoms with Crippen LogP contribution in [-0.4, -0.2) is 14.7 Å². The molecule has 0 saturated heterocycles. The van der Waals surface area contributed by atoms with Crippen molar-refractivity contribution >= 4 is 9.84 Å². The molecule has 0 heterocycles. The highest BCUT2D eigenvalue weighted by Gasteiger charge is 2.14. The Morgan fingerprint density at radius 1 is 1.07 bits per heavy atom. The Labute approximate surface area is 79.3 Å². The molecule has 77 valence electrons. The molecule has 0 saturated carbocycles. The Balaban J connectivity index is 3.17. The van der Waals surface area contributed by atoms with Gasteiger partial charge in [0.15, 0.2) is 21.5 Å². The molecule has 0 fully saturated rings. The van der Waals surface area contributed by atoms with Crippen LogP contribution in [0.2, 0.25) is 0 Å². The highest BCUT2D eigenvalue weighted by molar-refractivity contribution is 7.92. The monoisotopic (exact) mass is 223 g/mol. The Bertz CT molecular complexity index is 454. The van der Waals surface area contributed by atoms with Gasteiger partial charge < -0.3 is 0 Å². The number of hydrogen-bond donors (Lipinski definition) is 0. The first-order valence-corrected chi connectivity index (χ1v) is 5.44. The van der Waals surface area contributed by atoms with Gasteiger partial charge in [0.05, 0.1) is 0 Å². The third-order valence-corrected chi connectivity index (χ3v) is 2.06. The minimum absolute atomic E-state index is 0.298. The molecule has 0 aliphatic carbocycles. The highest BCUT2D eigenvalue weighted by Crippen LogP contribution is 2.16. The van der Waals surface area contributed by atoms with E-state index in [1.54, 1.807) is 0 Å². The lowest BCUT2D eigenvalue weighted by Gasteiger charge is -2.01. The van der Waals surface area contributed by atoms with Gasteiger partial charge in [0, 0.05) is 17.9 Å². The van der Waals surface area contributed by atoms with E-state index in [-0.39, 0.29) is 0 Å². The molecular weight excluding hydrogens is 217 g/mol. The van der Waals surface area contributed by atoms with Gasteiger partial charge >= 0.3 is 0 Å². The third kappa shape index (κ3) is 2.73. The van der Waals surface area contributed by atoms with Gasteiger partial charge in [-0.3, -0.25) is 0 Å². The van der Waals surface area contributed by atoms with Crippen molar-refractivity contribution in [1.29, 1.82) is 0 Å². The van der Waals surface area contributed by atoms with Crippen molar-refractivity contribution in [3.05, 3.63) is 40.9 Å². The molecule has 0 aliphatic heterocycles. The lowest BCUT2D eigenvalue weighted by molar-refractivity contribution is 0.493. The molecule has 0 amide bonds. The smallest absolute Gasteiger partial charge is 0.161 e. The summed E-state index contributed by atoms with van der Waals surface area (Å²) in [6, 6.07) is 0.790. The van der Waals surface area contributed by atoms with Crippen LogP contribution < -0.4 is 0 Å². The Kier molecular flexibility index (Phi) is 2.84. The number of benzene rings is 1. The van der Waals surface area contributed by atoms with E-state index in [0.717, 1.165) is 6.26 Å². The SMILES string of the molecule is CS(=O)(=O)[CH]c1cc(F)c(F)cc1F. The van der Waals surface area contributed by atoms with Gasteiger partial charge in [-0.15, -0.1) is 0 Å². The molecular formula is C8H6F3O2S. The second-order valence-electron chi connectivity index (χ2n) is 2.74. The van der Waals surface area contributed by atoms with Crippen LogP contribution in [0.25, 0.3) is 0 Å². The zero-order chi connectivity index (χ0) is 10.9. The van der Waals surface area contributed by atoms with Crippen LogP contribution >= 0.6 is 0 Å². The second kappa shape index (κ2) is 3.61. The average molecular weight is 223 g/mol. The van der Waals surface area contributed by atoms with Crippen LogP contribution in [0.15, 0.2) is 12.1 Å². The highest BCUT2D eigenvalue weighted by atomic mass is 32.2. The fourth-order valence-electron chi connectivity index (χ4n) is 0.859. The predicted octanol–water partition coefficient (Wildman–Crippen LogP) is 1.66. The molecule has 0 aromatic heterocycles. The Hall–Kier alpha value is -1.04. The molecule has 14 heavy (non-hydrogen) atoms.